The Hall–Kier alpha value is -2.58. The highest BCUT2D eigenvalue weighted by Crippen LogP contribution is 2.27. The molecule has 0 aliphatic carbocycles. The van der Waals surface area contributed by atoms with Crippen molar-refractivity contribution in [2.75, 3.05) is 39.8 Å². The van der Waals surface area contributed by atoms with Crippen LogP contribution in [0.2, 0.25) is 0 Å². The standard InChI is InChI=1S/C23H33N5O2S/c1-3-24-23(26-16-20(21-7-6-14-31-21)28-12-4-5-13-28)27-17-22(29)25-15-18-8-10-19(30-2)11-9-18/h6-11,14,20H,3-5,12-13,15-17H2,1-2H3,(H,25,29)(H2,24,26,27). The van der Waals surface area contributed by atoms with Crippen molar-refractivity contribution in [3.05, 3.63) is 52.2 Å². The van der Waals surface area contributed by atoms with E-state index in [0.717, 1.165) is 37.5 Å². The first-order valence-electron chi connectivity index (χ1n) is 10.9. The highest BCUT2D eigenvalue weighted by atomic mass is 32.1. The molecule has 0 spiro atoms. The summed E-state index contributed by atoms with van der Waals surface area (Å²) in [5, 5.41) is 11.7. The molecule has 1 aromatic heterocycles. The first kappa shape index (κ1) is 23.1. The minimum absolute atomic E-state index is 0.0822. The first-order chi connectivity index (χ1) is 15.2. The first-order valence-corrected chi connectivity index (χ1v) is 11.8. The number of benzene rings is 1. The van der Waals surface area contributed by atoms with E-state index in [0.29, 0.717) is 18.5 Å². The van der Waals surface area contributed by atoms with Crippen LogP contribution in [0.25, 0.3) is 0 Å². The van der Waals surface area contributed by atoms with Crippen LogP contribution >= 0.6 is 11.3 Å². The van der Waals surface area contributed by atoms with Gasteiger partial charge in [-0.25, -0.2) is 4.99 Å². The van der Waals surface area contributed by atoms with Gasteiger partial charge in [0.25, 0.3) is 0 Å². The van der Waals surface area contributed by atoms with Crippen molar-refractivity contribution < 1.29 is 9.53 Å². The molecule has 8 heteroatoms. The summed E-state index contributed by atoms with van der Waals surface area (Å²) in [6.07, 6.45) is 2.51. The number of hydrogen-bond donors (Lipinski definition) is 3. The topological polar surface area (TPSA) is 78.0 Å². The van der Waals surface area contributed by atoms with Crippen LogP contribution in [-0.2, 0) is 11.3 Å². The summed E-state index contributed by atoms with van der Waals surface area (Å²) in [7, 11) is 1.64. The molecule has 0 bridgehead atoms. The fraction of sp³-hybridized carbons (Fsp3) is 0.478. The predicted molar refractivity (Wildman–Crippen MR) is 127 cm³/mol. The number of methoxy groups -OCH3 is 1. The quantitative estimate of drug-likeness (QED) is 0.389. The van der Waals surface area contributed by atoms with E-state index in [1.54, 1.807) is 18.4 Å². The van der Waals surface area contributed by atoms with Gasteiger partial charge in [-0.1, -0.05) is 18.2 Å². The molecule has 1 fully saturated rings. The molecule has 2 aromatic rings. The van der Waals surface area contributed by atoms with Gasteiger partial charge in [-0.2, -0.15) is 0 Å². The monoisotopic (exact) mass is 443 g/mol. The van der Waals surface area contributed by atoms with Gasteiger partial charge in [0.1, 0.15) is 12.3 Å². The lowest BCUT2D eigenvalue weighted by Gasteiger charge is -2.27. The molecule has 1 aliphatic heterocycles. The molecule has 168 valence electrons. The Morgan fingerprint density at radius 3 is 2.58 bits per heavy atom. The summed E-state index contributed by atoms with van der Waals surface area (Å²) in [6.45, 7) is 6.35. The number of aliphatic imine (C=N–C) groups is 1. The van der Waals surface area contributed by atoms with E-state index >= 15 is 0 Å². The van der Waals surface area contributed by atoms with Gasteiger partial charge in [-0.3, -0.25) is 9.69 Å². The Bertz CT molecular complexity index is 817. The molecule has 3 rings (SSSR count). The molecule has 0 radical (unpaired) electrons. The lowest BCUT2D eigenvalue weighted by molar-refractivity contribution is -0.119. The number of ether oxygens (including phenoxy) is 1. The molecule has 31 heavy (non-hydrogen) atoms. The van der Waals surface area contributed by atoms with Crippen LogP contribution in [0.4, 0.5) is 0 Å². The van der Waals surface area contributed by atoms with Gasteiger partial charge in [-0.05, 0) is 62.0 Å². The zero-order valence-corrected chi connectivity index (χ0v) is 19.2. The zero-order valence-electron chi connectivity index (χ0n) is 18.4. The number of guanidine groups is 1. The average molecular weight is 444 g/mol. The summed E-state index contributed by atoms with van der Waals surface area (Å²) < 4.78 is 5.16. The van der Waals surface area contributed by atoms with Gasteiger partial charge in [0.15, 0.2) is 5.96 Å². The van der Waals surface area contributed by atoms with Gasteiger partial charge in [0.2, 0.25) is 5.91 Å². The van der Waals surface area contributed by atoms with Gasteiger partial charge in [0.05, 0.1) is 13.2 Å². The smallest absolute Gasteiger partial charge is 0.242 e. The Balaban J connectivity index is 1.51. The van der Waals surface area contributed by atoms with Crippen molar-refractivity contribution in [3.8, 4) is 5.75 Å². The number of thiophene rings is 1. The second-order valence-corrected chi connectivity index (χ2v) is 8.45. The third-order valence-electron chi connectivity index (χ3n) is 5.29. The fourth-order valence-corrected chi connectivity index (χ4v) is 4.49. The largest absolute Gasteiger partial charge is 0.497 e. The minimum Gasteiger partial charge on any atom is -0.497 e. The Morgan fingerprint density at radius 1 is 1.16 bits per heavy atom. The summed E-state index contributed by atoms with van der Waals surface area (Å²) in [5.41, 5.74) is 1.02. The number of nitrogens with one attached hydrogen (secondary N) is 3. The number of nitrogens with zero attached hydrogens (tertiary/aromatic N) is 2. The zero-order chi connectivity index (χ0) is 21.9. The number of hydrogen-bond acceptors (Lipinski definition) is 5. The maximum Gasteiger partial charge on any atom is 0.242 e. The van der Waals surface area contributed by atoms with E-state index in [9.17, 15) is 4.79 Å². The normalized spacial score (nSPS) is 15.5. The molecule has 2 heterocycles. The van der Waals surface area contributed by atoms with Crippen molar-refractivity contribution >= 4 is 23.2 Å². The molecule has 1 atom stereocenters. The molecule has 1 saturated heterocycles. The van der Waals surface area contributed by atoms with Crippen LogP contribution in [0.15, 0.2) is 46.8 Å². The maximum absolute atomic E-state index is 12.3. The van der Waals surface area contributed by atoms with E-state index in [2.05, 4.69) is 43.4 Å². The number of likely N-dealkylation sites (tertiary alicyclic amines) is 1. The molecule has 3 N–H and O–H groups in total. The van der Waals surface area contributed by atoms with E-state index in [1.807, 2.05) is 31.2 Å². The van der Waals surface area contributed by atoms with Crippen LogP contribution in [-0.4, -0.2) is 56.6 Å². The van der Waals surface area contributed by atoms with Crippen LogP contribution in [0.5, 0.6) is 5.75 Å². The second kappa shape index (κ2) is 12.3. The van der Waals surface area contributed by atoms with E-state index in [1.165, 1.54) is 17.7 Å². The van der Waals surface area contributed by atoms with Gasteiger partial charge in [-0.15, -0.1) is 11.3 Å². The molecule has 1 aromatic carbocycles. The Kier molecular flexibility index (Phi) is 9.17. The second-order valence-electron chi connectivity index (χ2n) is 7.48. The third-order valence-corrected chi connectivity index (χ3v) is 6.26. The highest BCUT2D eigenvalue weighted by molar-refractivity contribution is 7.10. The summed E-state index contributed by atoms with van der Waals surface area (Å²) in [5.74, 6) is 1.36. The fourth-order valence-electron chi connectivity index (χ4n) is 3.63. The van der Waals surface area contributed by atoms with Crippen LogP contribution in [0, 0.1) is 0 Å². The highest BCUT2D eigenvalue weighted by Gasteiger charge is 2.24. The molecule has 1 unspecified atom stereocenters. The van der Waals surface area contributed by atoms with E-state index in [-0.39, 0.29) is 12.5 Å². The van der Waals surface area contributed by atoms with Crippen molar-refractivity contribution in [2.24, 2.45) is 4.99 Å². The molecule has 1 amide bonds. The number of carbonyl (C=O) groups is 1. The molecular formula is C23H33N5O2S. The third kappa shape index (κ3) is 7.25. The van der Waals surface area contributed by atoms with Crippen molar-refractivity contribution in [1.82, 2.24) is 20.9 Å². The van der Waals surface area contributed by atoms with Gasteiger partial charge < -0.3 is 20.7 Å². The van der Waals surface area contributed by atoms with Crippen molar-refractivity contribution in [1.29, 1.82) is 0 Å². The van der Waals surface area contributed by atoms with E-state index in [4.69, 9.17) is 4.74 Å². The van der Waals surface area contributed by atoms with Gasteiger partial charge >= 0.3 is 0 Å². The number of amides is 1. The van der Waals surface area contributed by atoms with Crippen LogP contribution in [0.3, 0.4) is 0 Å². The number of rotatable bonds is 10. The molecule has 7 nitrogen and oxygen atoms in total. The molecule has 0 saturated carbocycles. The minimum atomic E-state index is -0.109. The van der Waals surface area contributed by atoms with Crippen molar-refractivity contribution in [3.63, 3.8) is 0 Å². The lowest BCUT2D eigenvalue weighted by atomic mass is 10.2. The van der Waals surface area contributed by atoms with Crippen molar-refractivity contribution in [2.45, 2.75) is 32.4 Å². The Morgan fingerprint density at radius 2 is 1.94 bits per heavy atom. The summed E-state index contributed by atoms with van der Waals surface area (Å²) in [4.78, 5) is 20.7. The van der Waals surface area contributed by atoms with E-state index < -0.39 is 0 Å². The molecular weight excluding hydrogens is 410 g/mol. The summed E-state index contributed by atoms with van der Waals surface area (Å²) in [6, 6.07) is 12.3. The maximum atomic E-state index is 12.3. The Labute approximate surface area is 188 Å². The van der Waals surface area contributed by atoms with Crippen LogP contribution < -0.4 is 20.7 Å². The van der Waals surface area contributed by atoms with Crippen LogP contribution in [0.1, 0.15) is 36.2 Å². The lowest BCUT2D eigenvalue weighted by Crippen LogP contribution is -2.43. The molecule has 1 aliphatic rings. The predicted octanol–water partition coefficient (Wildman–Crippen LogP) is 2.77. The summed E-state index contributed by atoms with van der Waals surface area (Å²) >= 11 is 1.79. The number of carbonyl (C=O) groups excluding carboxylic acids is 1. The average Bonchev–Trinajstić information content (AvgIpc) is 3.51. The SMILES string of the molecule is CCNC(=NCC(=O)NCc1ccc(OC)cc1)NCC(c1cccs1)N1CCCC1. The van der Waals surface area contributed by atoms with Gasteiger partial charge in [0, 0.05) is 24.5 Å².